The number of carbonyl (C=O) groups excluding carboxylic acids is 1. The standard InChI is InChI=1S/C22H27FN2O/c23-21-8-6-20(7-9-21)17-25-14-11-19(12-15-25)16-22(26)24-13-10-18-4-2-1-3-5-18/h1-9,19H,10-17H2,(H,24,26). The van der Waals surface area contributed by atoms with Gasteiger partial charge in [-0.3, -0.25) is 9.69 Å². The first-order valence-corrected chi connectivity index (χ1v) is 9.46. The van der Waals surface area contributed by atoms with Gasteiger partial charge in [-0.2, -0.15) is 0 Å². The van der Waals surface area contributed by atoms with Gasteiger partial charge in [-0.1, -0.05) is 42.5 Å². The van der Waals surface area contributed by atoms with Crippen molar-refractivity contribution >= 4 is 5.91 Å². The monoisotopic (exact) mass is 354 g/mol. The molecule has 26 heavy (non-hydrogen) atoms. The molecule has 2 aromatic rings. The number of benzene rings is 2. The van der Waals surface area contributed by atoms with E-state index in [1.165, 1.54) is 17.7 Å². The van der Waals surface area contributed by atoms with E-state index < -0.39 is 0 Å². The predicted molar refractivity (Wildman–Crippen MR) is 102 cm³/mol. The van der Waals surface area contributed by atoms with Gasteiger partial charge in [0.15, 0.2) is 0 Å². The summed E-state index contributed by atoms with van der Waals surface area (Å²) in [4.78, 5) is 14.5. The summed E-state index contributed by atoms with van der Waals surface area (Å²) in [5, 5.41) is 3.05. The SMILES string of the molecule is O=C(CC1CCN(Cc2ccc(F)cc2)CC1)NCCc1ccccc1. The van der Waals surface area contributed by atoms with E-state index in [0.29, 0.717) is 18.9 Å². The van der Waals surface area contributed by atoms with Crippen molar-refractivity contribution < 1.29 is 9.18 Å². The molecular weight excluding hydrogens is 327 g/mol. The molecular formula is C22H27FN2O. The number of hydrogen-bond donors (Lipinski definition) is 1. The average Bonchev–Trinajstić information content (AvgIpc) is 2.66. The molecule has 1 amide bonds. The normalized spacial score (nSPS) is 15.7. The number of piperidine rings is 1. The van der Waals surface area contributed by atoms with Gasteiger partial charge in [-0.25, -0.2) is 4.39 Å². The molecule has 3 rings (SSSR count). The Morgan fingerprint density at radius 1 is 1.00 bits per heavy atom. The molecule has 0 spiro atoms. The number of nitrogens with zero attached hydrogens (tertiary/aromatic N) is 1. The number of hydrogen-bond acceptors (Lipinski definition) is 2. The van der Waals surface area contributed by atoms with Crippen LogP contribution in [0.5, 0.6) is 0 Å². The Morgan fingerprint density at radius 3 is 2.38 bits per heavy atom. The fourth-order valence-electron chi connectivity index (χ4n) is 3.52. The summed E-state index contributed by atoms with van der Waals surface area (Å²) < 4.78 is 13.0. The van der Waals surface area contributed by atoms with E-state index in [0.717, 1.165) is 44.5 Å². The van der Waals surface area contributed by atoms with E-state index in [4.69, 9.17) is 0 Å². The fourth-order valence-corrected chi connectivity index (χ4v) is 3.52. The Bertz CT molecular complexity index is 679. The molecule has 0 bridgehead atoms. The number of rotatable bonds is 7. The molecule has 1 saturated heterocycles. The van der Waals surface area contributed by atoms with Gasteiger partial charge in [0.25, 0.3) is 0 Å². The number of amides is 1. The van der Waals surface area contributed by atoms with Crippen LogP contribution in [0.25, 0.3) is 0 Å². The first-order chi connectivity index (χ1) is 12.7. The summed E-state index contributed by atoms with van der Waals surface area (Å²) in [7, 11) is 0. The van der Waals surface area contributed by atoms with Crippen LogP contribution < -0.4 is 5.32 Å². The van der Waals surface area contributed by atoms with E-state index >= 15 is 0 Å². The Kier molecular flexibility index (Phi) is 6.78. The van der Waals surface area contributed by atoms with E-state index in [2.05, 4.69) is 22.3 Å². The zero-order chi connectivity index (χ0) is 18.2. The van der Waals surface area contributed by atoms with E-state index in [1.807, 2.05) is 30.3 Å². The summed E-state index contributed by atoms with van der Waals surface area (Å²) in [6, 6.07) is 17.0. The minimum Gasteiger partial charge on any atom is -0.356 e. The molecule has 0 atom stereocenters. The highest BCUT2D eigenvalue weighted by Crippen LogP contribution is 2.22. The molecule has 1 aliphatic heterocycles. The minimum absolute atomic E-state index is 0.165. The second kappa shape index (κ2) is 9.48. The zero-order valence-corrected chi connectivity index (χ0v) is 15.2. The van der Waals surface area contributed by atoms with E-state index in [1.54, 1.807) is 0 Å². The molecule has 0 unspecified atom stereocenters. The maximum atomic E-state index is 13.0. The lowest BCUT2D eigenvalue weighted by Crippen LogP contribution is -2.35. The van der Waals surface area contributed by atoms with Crippen LogP contribution in [0.1, 0.15) is 30.4 Å². The molecule has 0 saturated carbocycles. The van der Waals surface area contributed by atoms with Crippen LogP contribution in [0.15, 0.2) is 54.6 Å². The second-order valence-corrected chi connectivity index (χ2v) is 7.14. The number of nitrogens with one attached hydrogen (secondary N) is 1. The van der Waals surface area contributed by atoms with Crippen molar-refractivity contribution in [3.05, 3.63) is 71.5 Å². The number of likely N-dealkylation sites (tertiary alicyclic amines) is 1. The van der Waals surface area contributed by atoms with Crippen molar-refractivity contribution in [3.8, 4) is 0 Å². The summed E-state index contributed by atoms with van der Waals surface area (Å²) >= 11 is 0. The van der Waals surface area contributed by atoms with Crippen molar-refractivity contribution in [2.45, 2.75) is 32.2 Å². The number of halogens is 1. The third-order valence-corrected chi connectivity index (χ3v) is 5.08. The summed E-state index contributed by atoms with van der Waals surface area (Å²) in [6.45, 7) is 3.56. The molecule has 0 aromatic heterocycles. The van der Waals surface area contributed by atoms with Gasteiger partial charge in [0, 0.05) is 19.5 Å². The molecule has 0 aliphatic carbocycles. The van der Waals surface area contributed by atoms with Crippen LogP contribution in [-0.2, 0) is 17.8 Å². The first kappa shape index (κ1) is 18.6. The minimum atomic E-state index is -0.189. The highest BCUT2D eigenvalue weighted by Gasteiger charge is 2.21. The largest absolute Gasteiger partial charge is 0.356 e. The molecule has 1 N–H and O–H groups in total. The highest BCUT2D eigenvalue weighted by molar-refractivity contribution is 5.76. The van der Waals surface area contributed by atoms with E-state index in [-0.39, 0.29) is 11.7 Å². The van der Waals surface area contributed by atoms with Crippen LogP contribution in [0.4, 0.5) is 4.39 Å². The van der Waals surface area contributed by atoms with Crippen LogP contribution in [0.3, 0.4) is 0 Å². The van der Waals surface area contributed by atoms with Gasteiger partial charge < -0.3 is 5.32 Å². The third kappa shape index (κ3) is 5.95. The van der Waals surface area contributed by atoms with Crippen molar-refractivity contribution in [1.29, 1.82) is 0 Å². The Balaban J connectivity index is 1.33. The maximum Gasteiger partial charge on any atom is 0.220 e. The smallest absolute Gasteiger partial charge is 0.220 e. The van der Waals surface area contributed by atoms with Gasteiger partial charge in [0.1, 0.15) is 5.82 Å². The van der Waals surface area contributed by atoms with Gasteiger partial charge in [-0.05, 0) is 61.5 Å². The van der Waals surface area contributed by atoms with Crippen LogP contribution >= 0.6 is 0 Å². The number of carbonyl (C=O) groups is 1. The molecule has 138 valence electrons. The predicted octanol–water partition coefficient (Wildman–Crippen LogP) is 3.79. The van der Waals surface area contributed by atoms with Crippen molar-refractivity contribution in [2.75, 3.05) is 19.6 Å². The van der Waals surface area contributed by atoms with Crippen molar-refractivity contribution in [2.24, 2.45) is 5.92 Å². The molecule has 1 fully saturated rings. The quantitative estimate of drug-likeness (QED) is 0.820. The lowest BCUT2D eigenvalue weighted by molar-refractivity contribution is -0.122. The topological polar surface area (TPSA) is 32.3 Å². The van der Waals surface area contributed by atoms with Crippen molar-refractivity contribution in [3.63, 3.8) is 0 Å². The molecule has 3 nitrogen and oxygen atoms in total. The van der Waals surface area contributed by atoms with Gasteiger partial charge >= 0.3 is 0 Å². The molecule has 2 aromatic carbocycles. The van der Waals surface area contributed by atoms with Crippen molar-refractivity contribution in [1.82, 2.24) is 10.2 Å². The highest BCUT2D eigenvalue weighted by atomic mass is 19.1. The fraction of sp³-hybridized carbons (Fsp3) is 0.409. The summed E-state index contributed by atoms with van der Waals surface area (Å²) in [6.07, 6.45) is 3.60. The van der Waals surface area contributed by atoms with Crippen LogP contribution in [0.2, 0.25) is 0 Å². The zero-order valence-electron chi connectivity index (χ0n) is 15.2. The summed E-state index contributed by atoms with van der Waals surface area (Å²) in [5.74, 6) is 0.444. The second-order valence-electron chi connectivity index (χ2n) is 7.14. The van der Waals surface area contributed by atoms with Gasteiger partial charge in [0.2, 0.25) is 5.91 Å². The lowest BCUT2D eigenvalue weighted by atomic mass is 9.93. The third-order valence-electron chi connectivity index (χ3n) is 5.08. The molecule has 0 radical (unpaired) electrons. The first-order valence-electron chi connectivity index (χ1n) is 9.46. The molecule has 1 aliphatic rings. The van der Waals surface area contributed by atoms with Crippen LogP contribution in [0, 0.1) is 11.7 Å². The van der Waals surface area contributed by atoms with Gasteiger partial charge in [-0.15, -0.1) is 0 Å². The molecule has 4 heteroatoms. The molecule has 1 heterocycles. The van der Waals surface area contributed by atoms with E-state index in [9.17, 15) is 9.18 Å². The maximum absolute atomic E-state index is 13.0. The Hall–Kier alpha value is -2.20. The lowest BCUT2D eigenvalue weighted by Gasteiger charge is -2.31. The Labute approximate surface area is 155 Å². The van der Waals surface area contributed by atoms with Crippen LogP contribution in [-0.4, -0.2) is 30.4 Å². The Morgan fingerprint density at radius 2 is 1.69 bits per heavy atom. The average molecular weight is 354 g/mol. The van der Waals surface area contributed by atoms with Gasteiger partial charge in [0.05, 0.1) is 0 Å². The summed E-state index contributed by atoms with van der Waals surface area (Å²) in [5.41, 5.74) is 2.39.